The van der Waals surface area contributed by atoms with Gasteiger partial charge in [-0.25, -0.2) is 0 Å². The van der Waals surface area contributed by atoms with Crippen LogP contribution in [-0.2, 0) is 10.2 Å². The molecule has 1 aliphatic heterocycles. The first-order valence-corrected chi connectivity index (χ1v) is 9.70. The van der Waals surface area contributed by atoms with Gasteiger partial charge in [0, 0.05) is 28.6 Å². The number of aliphatic hydroxyl groups excluding tert-OH is 1. The first-order chi connectivity index (χ1) is 9.83. The molecule has 1 atom stereocenters. The molecule has 1 aliphatic rings. The Morgan fingerprint density at radius 2 is 2.00 bits per heavy atom. The highest BCUT2D eigenvalue weighted by Gasteiger charge is 2.29. The topological polar surface area (TPSA) is 69.6 Å². The largest absolute Gasteiger partial charge is 0.396 e. The summed E-state index contributed by atoms with van der Waals surface area (Å²) in [5.41, 5.74) is 1.52. The summed E-state index contributed by atoms with van der Waals surface area (Å²) in [6, 6.07) is 3.71. The summed E-state index contributed by atoms with van der Waals surface area (Å²) < 4.78 is 30.4. The molecule has 0 bridgehead atoms. The summed E-state index contributed by atoms with van der Waals surface area (Å²) in [5.74, 6) is 0.0141. The van der Waals surface area contributed by atoms with Crippen LogP contribution >= 0.6 is 31.9 Å². The summed E-state index contributed by atoms with van der Waals surface area (Å²) >= 11 is 6.77. The molecule has 0 amide bonds. The second kappa shape index (κ2) is 6.95. The predicted octanol–water partition coefficient (Wildman–Crippen LogP) is 2.88. The van der Waals surface area contributed by atoms with Crippen molar-refractivity contribution in [2.45, 2.75) is 19.8 Å². The van der Waals surface area contributed by atoms with Crippen LogP contribution in [0.2, 0.25) is 0 Å². The van der Waals surface area contributed by atoms with Gasteiger partial charge in [-0.15, -0.1) is 0 Å². The minimum absolute atomic E-state index is 0.0141. The van der Waals surface area contributed by atoms with Crippen LogP contribution in [0.3, 0.4) is 0 Å². The zero-order chi connectivity index (χ0) is 15.6. The first kappa shape index (κ1) is 17.2. The summed E-state index contributed by atoms with van der Waals surface area (Å²) in [6.07, 6.45) is 1.63. The summed E-state index contributed by atoms with van der Waals surface area (Å²) in [4.78, 5) is 0. The average molecular weight is 442 g/mol. The van der Waals surface area contributed by atoms with Crippen molar-refractivity contribution in [3.05, 3.63) is 26.6 Å². The van der Waals surface area contributed by atoms with E-state index in [0.29, 0.717) is 27.7 Å². The fourth-order valence-corrected chi connectivity index (χ4v) is 5.64. The van der Waals surface area contributed by atoms with Gasteiger partial charge >= 0.3 is 10.2 Å². The van der Waals surface area contributed by atoms with E-state index in [-0.39, 0.29) is 12.5 Å². The van der Waals surface area contributed by atoms with E-state index in [4.69, 9.17) is 0 Å². The number of hydrogen-bond donors (Lipinski definition) is 2. The summed E-state index contributed by atoms with van der Waals surface area (Å²) in [7, 11) is -3.63. The van der Waals surface area contributed by atoms with Crippen LogP contribution in [0.1, 0.15) is 18.4 Å². The molecule has 1 fully saturated rings. The van der Waals surface area contributed by atoms with Crippen LogP contribution in [0.25, 0.3) is 0 Å². The third-order valence-electron chi connectivity index (χ3n) is 3.50. The SMILES string of the molecule is Cc1cc(Br)c(NS(=O)(=O)N2CCCC(CO)C2)c(Br)c1. The lowest BCUT2D eigenvalue weighted by Gasteiger charge is -2.31. The van der Waals surface area contributed by atoms with Gasteiger partial charge in [0.25, 0.3) is 0 Å². The Labute approximate surface area is 142 Å². The number of benzene rings is 1. The number of aryl methyl sites for hydroxylation is 1. The highest BCUT2D eigenvalue weighted by molar-refractivity contribution is 9.11. The number of rotatable bonds is 4. The molecule has 2 rings (SSSR count). The van der Waals surface area contributed by atoms with Gasteiger partial charge in [0.1, 0.15) is 0 Å². The van der Waals surface area contributed by atoms with Crippen LogP contribution < -0.4 is 4.72 Å². The minimum atomic E-state index is -3.63. The molecule has 118 valence electrons. The van der Waals surface area contributed by atoms with Crippen LogP contribution in [0, 0.1) is 12.8 Å². The summed E-state index contributed by atoms with van der Waals surface area (Å²) in [6.45, 7) is 2.79. The third-order valence-corrected chi connectivity index (χ3v) is 6.22. The molecule has 0 saturated carbocycles. The maximum absolute atomic E-state index is 12.5. The van der Waals surface area contributed by atoms with Crippen molar-refractivity contribution in [1.82, 2.24) is 4.31 Å². The van der Waals surface area contributed by atoms with E-state index in [1.165, 1.54) is 4.31 Å². The average Bonchev–Trinajstić information content (AvgIpc) is 2.43. The number of aliphatic hydroxyl groups is 1. The number of piperidine rings is 1. The lowest BCUT2D eigenvalue weighted by molar-refractivity contribution is 0.166. The van der Waals surface area contributed by atoms with Crippen molar-refractivity contribution in [1.29, 1.82) is 0 Å². The monoisotopic (exact) mass is 440 g/mol. The van der Waals surface area contributed by atoms with Crippen molar-refractivity contribution in [3.63, 3.8) is 0 Å². The summed E-state index contributed by atoms with van der Waals surface area (Å²) in [5, 5.41) is 9.23. The fraction of sp³-hybridized carbons (Fsp3) is 0.538. The van der Waals surface area contributed by atoms with Crippen molar-refractivity contribution in [2.24, 2.45) is 5.92 Å². The Bertz CT molecular complexity index is 599. The van der Waals surface area contributed by atoms with Crippen LogP contribution in [-0.4, -0.2) is 37.5 Å². The van der Waals surface area contributed by atoms with Gasteiger partial charge in [0.05, 0.1) is 5.69 Å². The molecule has 0 spiro atoms. The van der Waals surface area contributed by atoms with E-state index in [0.717, 1.165) is 18.4 Å². The Kier molecular flexibility index (Phi) is 5.70. The van der Waals surface area contributed by atoms with E-state index >= 15 is 0 Å². The Morgan fingerprint density at radius 1 is 1.38 bits per heavy atom. The minimum Gasteiger partial charge on any atom is -0.396 e. The molecule has 21 heavy (non-hydrogen) atoms. The van der Waals surface area contributed by atoms with Gasteiger partial charge < -0.3 is 5.11 Å². The zero-order valence-electron chi connectivity index (χ0n) is 11.6. The molecule has 5 nitrogen and oxygen atoms in total. The maximum Gasteiger partial charge on any atom is 0.301 e. The van der Waals surface area contributed by atoms with Crippen molar-refractivity contribution >= 4 is 47.8 Å². The Hall–Kier alpha value is -0.150. The fourth-order valence-electron chi connectivity index (χ4n) is 2.39. The molecule has 1 saturated heterocycles. The molecule has 0 aliphatic carbocycles. The lowest BCUT2D eigenvalue weighted by atomic mass is 10.0. The molecule has 0 aromatic heterocycles. The molecule has 1 aromatic rings. The standard InChI is InChI=1S/C13H18Br2N2O3S/c1-9-5-11(14)13(12(15)6-9)16-21(19,20)17-4-2-3-10(7-17)8-18/h5-6,10,16,18H,2-4,7-8H2,1H3. The Morgan fingerprint density at radius 3 is 2.57 bits per heavy atom. The molecule has 0 radical (unpaired) electrons. The van der Waals surface area contributed by atoms with Gasteiger partial charge in [-0.2, -0.15) is 12.7 Å². The van der Waals surface area contributed by atoms with Gasteiger partial charge in [0.2, 0.25) is 0 Å². The van der Waals surface area contributed by atoms with Crippen LogP contribution in [0.5, 0.6) is 0 Å². The normalized spacial score (nSPS) is 20.5. The van der Waals surface area contributed by atoms with Gasteiger partial charge in [-0.05, 0) is 75.2 Å². The molecular formula is C13H18Br2N2O3S. The molecule has 1 aromatic carbocycles. The molecule has 1 unspecified atom stereocenters. The van der Waals surface area contributed by atoms with Crippen molar-refractivity contribution in [2.75, 3.05) is 24.4 Å². The van der Waals surface area contributed by atoms with E-state index in [2.05, 4.69) is 36.6 Å². The smallest absolute Gasteiger partial charge is 0.301 e. The maximum atomic E-state index is 12.5. The number of hydrogen-bond acceptors (Lipinski definition) is 3. The highest BCUT2D eigenvalue weighted by atomic mass is 79.9. The lowest BCUT2D eigenvalue weighted by Crippen LogP contribution is -2.43. The van der Waals surface area contributed by atoms with E-state index in [9.17, 15) is 13.5 Å². The zero-order valence-corrected chi connectivity index (χ0v) is 15.6. The van der Waals surface area contributed by atoms with Gasteiger partial charge in [-0.1, -0.05) is 0 Å². The number of anilines is 1. The highest BCUT2D eigenvalue weighted by Crippen LogP contribution is 2.33. The van der Waals surface area contributed by atoms with Crippen LogP contribution in [0.4, 0.5) is 5.69 Å². The second-order valence-corrected chi connectivity index (χ2v) is 8.64. The first-order valence-electron chi connectivity index (χ1n) is 6.68. The predicted molar refractivity (Wildman–Crippen MR) is 90.5 cm³/mol. The van der Waals surface area contributed by atoms with Crippen LogP contribution in [0.15, 0.2) is 21.1 Å². The van der Waals surface area contributed by atoms with E-state index < -0.39 is 10.2 Å². The number of nitrogens with one attached hydrogen (secondary N) is 1. The third kappa shape index (κ3) is 4.19. The molecule has 1 heterocycles. The molecule has 8 heteroatoms. The van der Waals surface area contributed by atoms with Gasteiger partial charge in [0.15, 0.2) is 0 Å². The van der Waals surface area contributed by atoms with E-state index in [1.807, 2.05) is 19.1 Å². The van der Waals surface area contributed by atoms with Crippen molar-refractivity contribution < 1.29 is 13.5 Å². The Balaban J connectivity index is 2.22. The van der Waals surface area contributed by atoms with E-state index in [1.54, 1.807) is 0 Å². The quantitative estimate of drug-likeness (QED) is 0.754. The van der Waals surface area contributed by atoms with Gasteiger partial charge in [-0.3, -0.25) is 4.72 Å². The molecule has 2 N–H and O–H groups in total. The molecular weight excluding hydrogens is 424 g/mol. The number of halogens is 2. The van der Waals surface area contributed by atoms with Crippen molar-refractivity contribution in [3.8, 4) is 0 Å². The number of nitrogens with zero attached hydrogens (tertiary/aromatic N) is 1. The second-order valence-electron chi connectivity index (χ2n) is 5.26.